The summed E-state index contributed by atoms with van der Waals surface area (Å²) in [5.74, 6) is 0.491. The molecular formula is C14H22N2O2. The fourth-order valence-corrected chi connectivity index (χ4v) is 1.37. The molecule has 0 spiro atoms. The summed E-state index contributed by atoms with van der Waals surface area (Å²) in [6, 6.07) is 7.80. The van der Waals surface area contributed by atoms with Crippen LogP contribution in [-0.4, -0.2) is 17.6 Å². The van der Waals surface area contributed by atoms with Gasteiger partial charge in [0.2, 0.25) is 5.91 Å². The van der Waals surface area contributed by atoms with Gasteiger partial charge in [-0.25, -0.2) is 0 Å². The molecule has 0 bridgehead atoms. The van der Waals surface area contributed by atoms with Crippen LogP contribution in [0.1, 0.15) is 33.3 Å². The van der Waals surface area contributed by atoms with Crippen molar-refractivity contribution in [2.24, 2.45) is 5.73 Å². The molecule has 1 aromatic rings. The highest BCUT2D eigenvalue weighted by Crippen LogP contribution is 2.14. The summed E-state index contributed by atoms with van der Waals surface area (Å²) in [4.78, 5) is 11.2. The van der Waals surface area contributed by atoms with Gasteiger partial charge < -0.3 is 10.5 Å². The standard InChI is InChI=1S/C14H22N2O2/c1-10(2)18-12-7-5-11(6-8-12)9-16-14(3,4)13(15)17/h5-8,10,16H,9H2,1-4H3,(H2,15,17). The van der Waals surface area contributed by atoms with Gasteiger partial charge in [-0.15, -0.1) is 0 Å². The lowest BCUT2D eigenvalue weighted by atomic mass is 10.0. The lowest BCUT2D eigenvalue weighted by Gasteiger charge is -2.22. The lowest BCUT2D eigenvalue weighted by molar-refractivity contribution is -0.123. The van der Waals surface area contributed by atoms with Crippen molar-refractivity contribution in [2.45, 2.75) is 45.9 Å². The molecule has 1 aromatic carbocycles. The number of benzene rings is 1. The largest absolute Gasteiger partial charge is 0.491 e. The van der Waals surface area contributed by atoms with Crippen LogP contribution in [0.25, 0.3) is 0 Å². The Morgan fingerprint density at radius 2 is 1.89 bits per heavy atom. The first-order chi connectivity index (χ1) is 8.31. The molecule has 0 saturated carbocycles. The molecule has 100 valence electrons. The summed E-state index contributed by atoms with van der Waals surface area (Å²) in [5.41, 5.74) is 5.67. The van der Waals surface area contributed by atoms with Gasteiger partial charge >= 0.3 is 0 Å². The molecule has 4 nitrogen and oxygen atoms in total. The SMILES string of the molecule is CC(C)Oc1ccc(CNC(C)(C)C(N)=O)cc1. The van der Waals surface area contributed by atoms with Crippen LogP contribution >= 0.6 is 0 Å². The number of carbonyl (C=O) groups excluding carboxylic acids is 1. The molecule has 0 aliphatic rings. The molecule has 1 amide bonds. The summed E-state index contributed by atoms with van der Waals surface area (Å²) in [6.45, 7) is 8.12. The maximum absolute atomic E-state index is 11.2. The number of nitrogens with one attached hydrogen (secondary N) is 1. The molecule has 0 atom stereocenters. The normalized spacial score (nSPS) is 11.6. The third-order valence-electron chi connectivity index (χ3n) is 2.65. The average molecular weight is 250 g/mol. The molecule has 4 heteroatoms. The Kier molecular flexibility index (Phi) is 4.73. The number of nitrogens with two attached hydrogens (primary N) is 1. The van der Waals surface area contributed by atoms with E-state index in [1.807, 2.05) is 38.1 Å². The molecule has 0 saturated heterocycles. The van der Waals surface area contributed by atoms with Crippen molar-refractivity contribution < 1.29 is 9.53 Å². The van der Waals surface area contributed by atoms with E-state index >= 15 is 0 Å². The van der Waals surface area contributed by atoms with Crippen molar-refractivity contribution in [1.29, 1.82) is 0 Å². The first-order valence-corrected chi connectivity index (χ1v) is 6.12. The van der Waals surface area contributed by atoms with E-state index in [0.29, 0.717) is 6.54 Å². The summed E-state index contributed by atoms with van der Waals surface area (Å²) in [5, 5.41) is 3.12. The summed E-state index contributed by atoms with van der Waals surface area (Å²) >= 11 is 0. The monoisotopic (exact) mass is 250 g/mol. The van der Waals surface area contributed by atoms with Crippen LogP contribution < -0.4 is 15.8 Å². The zero-order valence-electron chi connectivity index (χ0n) is 11.5. The number of amides is 1. The molecule has 0 aliphatic heterocycles. The van der Waals surface area contributed by atoms with E-state index < -0.39 is 5.54 Å². The number of primary amides is 1. The average Bonchev–Trinajstić information content (AvgIpc) is 2.27. The fraction of sp³-hybridized carbons (Fsp3) is 0.500. The van der Waals surface area contributed by atoms with E-state index in [1.54, 1.807) is 13.8 Å². The quantitative estimate of drug-likeness (QED) is 0.809. The van der Waals surface area contributed by atoms with Gasteiger partial charge in [0.15, 0.2) is 0 Å². The Morgan fingerprint density at radius 1 is 1.33 bits per heavy atom. The minimum absolute atomic E-state index is 0.169. The maximum atomic E-state index is 11.2. The van der Waals surface area contributed by atoms with Crippen LogP contribution in [0.2, 0.25) is 0 Å². The van der Waals surface area contributed by atoms with Gasteiger partial charge in [0, 0.05) is 6.54 Å². The van der Waals surface area contributed by atoms with Crippen LogP contribution in [0.4, 0.5) is 0 Å². The second kappa shape index (κ2) is 5.87. The Bertz CT molecular complexity index is 397. The predicted octanol–water partition coefficient (Wildman–Crippen LogP) is 1.83. The fourth-order valence-electron chi connectivity index (χ4n) is 1.37. The number of carbonyl (C=O) groups is 1. The molecule has 18 heavy (non-hydrogen) atoms. The molecule has 0 fully saturated rings. The van der Waals surface area contributed by atoms with Gasteiger partial charge in [-0.2, -0.15) is 0 Å². The predicted molar refractivity (Wildman–Crippen MR) is 72.3 cm³/mol. The van der Waals surface area contributed by atoms with Gasteiger partial charge in [-0.05, 0) is 45.4 Å². The van der Waals surface area contributed by atoms with Crippen LogP contribution in [0.3, 0.4) is 0 Å². The van der Waals surface area contributed by atoms with Crippen molar-refractivity contribution >= 4 is 5.91 Å². The van der Waals surface area contributed by atoms with Crippen molar-refractivity contribution in [2.75, 3.05) is 0 Å². The van der Waals surface area contributed by atoms with Gasteiger partial charge in [0.05, 0.1) is 11.6 Å². The molecule has 0 aromatic heterocycles. The van der Waals surface area contributed by atoms with Crippen LogP contribution in [-0.2, 0) is 11.3 Å². The lowest BCUT2D eigenvalue weighted by Crippen LogP contribution is -2.50. The third-order valence-corrected chi connectivity index (χ3v) is 2.65. The van der Waals surface area contributed by atoms with Crippen molar-refractivity contribution in [3.8, 4) is 5.75 Å². The van der Waals surface area contributed by atoms with Gasteiger partial charge in [0.1, 0.15) is 5.75 Å². The van der Waals surface area contributed by atoms with E-state index in [4.69, 9.17) is 10.5 Å². The Morgan fingerprint density at radius 3 is 2.33 bits per heavy atom. The van der Waals surface area contributed by atoms with Crippen molar-refractivity contribution in [3.63, 3.8) is 0 Å². The maximum Gasteiger partial charge on any atom is 0.237 e. The number of hydrogen-bond donors (Lipinski definition) is 2. The Balaban J connectivity index is 2.57. The van der Waals surface area contributed by atoms with E-state index in [0.717, 1.165) is 11.3 Å². The third kappa shape index (κ3) is 4.37. The summed E-state index contributed by atoms with van der Waals surface area (Å²) in [7, 11) is 0. The van der Waals surface area contributed by atoms with Gasteiger partial charge in [-0.1, -0.05) is 12.1 Å². The molecule has 3 N–H and O–H groups in total. The number of rotatable bonds is 6. The smallest absolute Gasteiger partial charge is 0.237 e. The first-order valence-electron chi connectivity index (χ1n) is 6.12. The number of hydrogen-bond acceptors (Lipinski definition) is 3. The highest BCUT2D eigenvalue weighted by atomic mass is 16.5. The van der Waals surface area contributed by atoms with Crippen LogP contribution in [0.5, 0.6) is 5.75 Å². The minimum atomic E-state index is -0.701. The van der Waals surface area contributed by atoms with Gasteiger partial charge in [-0.3, -0.25) is 10.1 Å². The molecule has 0 radical (unpaired) electrons. The molecule has 0 unspecified atom stereocenters. The van der Waals surface area contributed by atoms with Crippen LogP contribution in [0.15, 0.2) is 24.3 Å². The topological polar surface area (TPSA) is 64.3 Å². The first kappa shape index (κ1) is 14.5. The molecule has 0 heterocycles. The van der Waals surface area contributed by atoms with Crippen molar-refractivity contribution in [1.82, 2.24) is 5.32 Å². The van der Waals surface area contributed by atoms with Crippen LogP contribution in [0, 0.1) is 0 Å². The summed E-state index contributed by atoms with van der Waals surface area (Å²) in [6.07, 6.45) is 0.169. The van der Waals surface area contributed by atoms with E-state index in [2.05, 4.69) is 5.32 Å². The minimum Gasteiger partial charge on any atom is -0.491 e. The molecular weight excluding hydrogens is 228 g/mol. The highest BCUT2D eigenvalue weighted by molar-refractivity contribution is 5.83. The van der Waals surface area contributed by atoms with Crippen molar-refractivity contribution in [3.05, 3.63) is 29.8 Å². The zero-order valence-corrected chi connectivity index (χ0v) is 11.5. The Labute approximate surface area is 109 Å². The molecule has 1 rings (SSSR count). The van der Waals surface area contributed by atoms with E-state index in [1.165, 1.54) is 0 Å². The van der Waals surface area contributed by atoms with E-state index in [-0.39, 0.29) is 12.0 Å². The van der Waals surface area contributed by atoms with Gasteiger partial charge in [0.25, 0.3) is 0 Å². The second-order valence-electron chi connectivity index (χ2n) is 5.15. The second-order valence-corrected chi connectivity index (χ2v) is 5.15. The molecule has 0 aliphatic carbocycles. The van der Waals surface area contributed by atoms with E-state index in [9.17, 15) is 4.79 Å². The zero-order chi connectivity index (χ0) is 13.8. The summed E-state index contributed by atoms with van der Waals surface area (Å²) < 4.78 is 5.56. The number of ether oxygens (including phenoxy) is 1. The highest BCUT2D eigenvalue weighted by Gasteiger charge is 2.23. The Hall–Kier alpha value is -1.55.